The minimum Gasteiger partial charge on any atom is -0.398 e. The number of halogens is 1. The molecule has 0 saturated carbocycles. The van der Waals surface area contributed by atoms with E-state index in [1.807, 2.05) is 31.2 Å². The van der Waals surface area contributed by atoms with E-state index in [9.17, 15) is 9.18 Å². The number of nitrogens with two attached hydrogens (primary N) is 1. The van der Waals surface area contributed by atoms with Gasteiger partial charge in [-0.1, -0.05) is 24.3 Å². The minimum atomic E-state index is -0.444. The third kappa shape index (κ3) is 2.96. The number of hydrogen-bond donors (Lipinski definition) is 1. The SMILES string of the molecule is Cc1ccccc1CN(C)C(=O)c1ccc(F)cc1N. The summed E-state index contributed by atoms with van der Waals surface area (Å²) in [5, 5.41) is 0. The van der Waals surface area contributed by atoms with Gasteiger partial charge in [0.05, 0.1) is 5.56 Å². The van der Waals surface area contributed by atoms with Gasteiger partial charge in [-0.15, -0.1) is 0 Å². The average Bonchev–Trinajstić information content (AvgIpc) is 2.40. The molecule has 0 unspecified atom stereocenters. The summed E-state index contributed by atoms with van der Waals surface area (Å²) in [6.07, 6.45) is 0. The molecule has 2 N–H and O–H groups in total. The van der Waals surface area contributed by atoms with Crippen LogP contribution in [0.5, 0.6) is 0 Å². The van der Waals surface area contributed by atoms with Crippen LogP contribution in [0.2, 0.25) is 0 Å². The molecule has 3 nitrogen and oxygen atoms in total. The smallest absolute Gasteiger partial charge is 0.255 e. The lowest BCUT2D eigenvalue weighted by atomic mass is 10.1. The van der Waals surface area contributed by atoms with Crippen LogP contribution in [0.25, 0.3) is 0 Å². The third-order valence-corrected chi connectivity index (χ3v) is 3.26. The van der Waals surface area contributed by atoms with Gasteiger partial charge >= 0.3 is 0 Å². The molecule has 0 atom stereocenters. The highest BCUT2D eigenvalue weighted by Crippen LogP contribution is 2.17. The van der Waals surface area contributed by atoms with E-state index in [-0.39, 0.29) is 11.6 Å². The van der Waals surface area contributed by atoms with Crippen LogP contribution in [-0.2, 0) is 6.54 Å². The fraction of sp³-hybridized carbons (Fsp3) is 0.188. The fourth-order valence-electron chi connectivity index (χ4n) is 2.05. The van der Waals surface area contributed by atoms with E-state index in [2.05, 4.69) is 0 Å². The van der Waals surface area contributed by atoms with Crippen LogP contribution < -0.4 is 5.73 Å². The molecule has 0 fully saturated rings. The molecule has 4 heteroatoms. The third-order valence-electron chi connectivity index (χ3n) is 3.26. The van der Waals surface area contributed by atoms with E-state index in [0.29, 0.717) is 12.1 Å². The zero-order valence-electron chi connectivity index (χ0n) is 11.6. The molecule has 2 aromatic carbocycles. The molecule has 0 aliphatic carbocycles. The zero-order chi connectivity index (χ0) is 14.7. The molecule has 0 aliphatic heterocycles. The zero-order valence-corrected chi connectivity index (χ0v) is 11.6. The fourth-order valence-corrected chi connectivity index (χ4v) is 2.05. The van der Waals surface area contributed by atoms with Crippen LogP contribution in [-0.4, -0.2) is 17.9 Å². The van der Waals surface area contributed by atoms with E-state index in [1.165, 1.54) is 12.1 Å². The van der Waals surface area contributed by atoms with Crippen LogP contribution in [0.1, 0.15) is 21.5 Å². The summed E-state index contributed by atoms with van der Waals surface area (Å²) in [5.74, 6) is -0.661. The molecule has 1 amide bonds. The highest BCUT2D eigenvalue weighted by atomic mass is 19.1. The summed E-state index contributed by atoms with van der Waals surface area (Å²) >= 11 is 0. The molecular weight excluding hydrogens is 255 g/mol. The normalized spacial score (nSPS) is 10.3. The van der Waals surface area contributed by atoms with Crippen molar-refractivity contribution in [2.45, 2.75) is 13.5 Å². The Morgan fingerprint density at radius 3 is 2.60 bits per heavy atom. The standard InChI is InChI=1S/C16H17FN2O/c1-11-5-3-4-6-12(11)10-19(2)16(20)14-8-7-13(17)9-15(14)18/h3-9H,10,18H2,1-2H3. The van der Waals surface area contributed by atoms with E-state index >= 15 is 0 Å². The van der Waals surface area contributed by atoms with Crippen molar-refractivity contribution in [1.29, 1.82) is 0 Å². The summed E-state index contributed by atoms with van der Waals surface area (Å²) in [5.41, 5.74) is 8.37. The average molecular weight is 272 g/mol. The van der Waals surface area contributed by atoms with Crippen molar-refractivity contribution < 1.29 is 9.18 Å². The van der Waals surface area contributed by atoms with Gasteiger partial charge in [0, 0.05) is 19.3 Å². The lowest BCUT2D eigenvalue weighted by Gasteiger charge is -2.19. The molecule has 2 rings (SSSR count). The Morgan fingerprint density at radius 1 is 1.25 bits per heavy atom. The van der Waals surface area contributed by atoms with Gasteiger partial charge in [0.1, 0.15) is 5.82 Å². The Morgan fingerprint density at radius 2 is 1.95 bits per heavy atom. The molecule has 2 aromatic rings. The highest BCUT2D eigenvalue weighted by molar-refractivity contribution is 5.98. The maximum Gasteiger partial charge on any atom is 0.255 e. The summed E-state index contributed by atoms with van der Waals surface area (Å²) in [6.45, 7) is 2.49. The lowest BCUT2D eigenvalue weighted by molar-refractivity contribution is 0.0786. The molecule has 0 aromatic heterocycles. The molecule has 0 aliphatic rings. The van der Waals surface area contributed by atoms with Gasteiger partial charge in [0.2, 0.25) is 0 Å². The number of amides is 1. The van der Waals surface area contributed by atoms with Gasteiger partial charge in [-0.3, -0.25) is 4.79 Å². The van der Waals surface area contributed by atoms with Crippen LogP contribution in [0.4, 0.5) is 10.1 Å². The van der Waals surface area contributed by atoms with Crippen LogP contribution in [0.15, 0.2) is 42.5 Å². The van der Waals surface area contributed by atoms with Gasteiger partial charge in [0.25, 0.3) is 5.91 Å². The van der Waals surface area contributed by atoms with E-state index in [4.69, 9.17) is 5.73 Å². The van der Waals surface area contributed by atoms with Crippen molar-refractivity contribution in [2.24, 2.45) is 0 Å². The Kier molecular flexibility index (Phi) is 4.03. The predicted molar refractivity (Wildman–Crippen MR) is 77.8 cm³/mol. The Balaban J connectivity index is 2.19. The number of nitrogens with zero attached hydrogens (tertiary/aromatic N) is 1. The number of anilines is 1. The van der Waals surface area contributed by atoms with Crippen molar-refractivity contribution in [1.82, 2.24) is 4.90 Å². The van der Waals surface area contributed by atoms with Crippen molar-refractivity contribution in [3.8, 4) is 0 Å². The molecule has 104 valence electrons. The number of nitrogen functional groups attached to an aromatic ring is 1. The first-order valence-corrected chi connectivity index (χ1v) is 6.34. The van der Waals surface area contributed by atoms with Crippen molar-refractivity contribution in [3.05, 3.63) is 65.0 Å². The maximum absolute atomic E-state index is 13.0. The molecule has 0 spiro atoms. The Labute approximate surface area is 117 Å². The van der Waals surface area contributed by atoms with Crippen molar-refractivity contribution in [2.75, 3.05) is 12.8 Å². The predicted octanol–water partition coefficient (Wildman–Crippen LogP) is 2.99. The maximum atomic E-state index is 13.0. The minimum absolute atomic E-state index is 0.159. The first-order chi connectivity index (χ1) is 9.49. The number of aryl methyl sites for hydroxylation is 1. The van der Waals surface area contributed by atoms with E-state index < -0.39 is 5.82 Å². The van der Waals surface area contributed by atoms with Crippen LogP contribution >= 0.6 is 0 Å². The monoisotopic (exact) mass is 272 g/mol. The quantitative estimate of drug-likeness (QED) is 0.873. The number of benzene rings is 2. The first kappa shape index (κ1) is 14.1. The lowest BCUT2D eigenvalue weighted by Crippen LogP contribution is -2.27. The van der Waals surface area contributed by atoms with Gasteiger partial charge in [-0.2, -0.15) is 0 Å². The summed E-state index contributed by atoms with van der Waals surface area (Å²) in [7, 11) is 1.71. The molecule has 0 bridgehead atoms. The molecule has 0 saturated heterocycles. The van der Waals surface area contributed by atoms with Crippen LogP contribution in [0, 0.1) is 12.7 Å². The number of rotatable bonds is 3. The second-order valence-corrected chi connectivity index (χ2v) is 4.82. The van der Waals surface area contributed by atoms with E-state index in [0.717, 1.165) is 17.2 Å². The highest BCUT2D eigenvalue weighted by Gasteiger charge is 2.15. The Bertz CT molecular complexity index is 640. The Hall–Kier alpha value is -2.36. The van der Waals surface area contributed by atoms with Crippen molar-refractivity contribution >= 4 is 11.6 Å². The first-order valence-electron chi connectivity index (χ1n) is 6.34. The molecule has 0 heterocycles. The summed E-state index contributed by atoms with van der Waals surface area (Å²) in [6, 6.07) is 11.7. The van der Waals surface area contributed by atoms with Gasteiger partial charge in [-0.05, 0) is 36.2 Å². The van der Waals surface area contributed by atoms with Crippen molar-refractivity contribution in [3.63, 3.8) is 0 Å². The molecule has 0 radical (unpaired) electrons. The second-order valence-electron chi connectivity index (χ2n) is 4.82. The van der Waals surface area contributed by atoms with Gasteiger partial charge < -0.3 is 10.6 Å². The largest absolute Gasteiger partial charge is 0.398 e. The summed E-state index contributed by atoms with van der Waals surface area (Å²) < 4.78 is 13.0. The van der Waals surface area contributed by atoms with Gasteiger partial charge in [0.15, 0.2) is 0 Å². The number of carbonyl (C=O) groups excluding carboxylic acids is 1. The number of hydrogen-bond acceptors (Lipinski definition) is 2. The van der Waals surface area contributed by atoms with E-state index in [1.54, 1.807) is 11.9 Å². The number of carbonyl (C=O) groups is 1. The second kappa shape index (κ2) is 5.74. The summed E-state index contributed by atoms with van der Waals surface area (Å²) in [4.78, 5) is 13.9. The molecular formula is C16H17FN2O. The molecule has 20 heavy (non-hydrogen) atoms. The topological polar surface area (TPSA) is 46.3 Å². The van der Waals surface area contributed by atoms with Gasteiger partial charge in [-0.25, -0.2) is 4.39 Å². The van der Waals surface area contributed by atoms with Crippen LogP contribution in [0.3, 0.4) is 0 Å².